The van der Waals surface area contributed by atoms with E-state index in [-0.39, 0.29) is 5.56 Å². The molecule has 72 valence electrons. The van der Waals surface area contributed by atoms with Crippen LogP contribution in [0.5, 0.6) is 0 Å². The molecular formula is C7H11BrN4O. The third-order valence-electron chi connectivity index (χ3n) is 1.42. The van der Waals surface area contributed by atoms with E-state index in [1.54, 1.807) is 18.3 Å². The van der Waals surface area contributed by atoms with Crippen LogP contribution in [0.1, 0.15) is 0 Å². The molecule has 0 radical (unpaired) electrons. The predicted molar refractivity (Wildman–Crippen MR) is 54.5 cm³/mol. The number of anilines is 1. The van der Waals surface area contributed by atoms with E-state index in [1.165, 1.54) is 4.68 Å². The predicted octanol–water partition coefficient (Wildman–Crippen LogP) is 0.431. The summed E-state index contributed by atoms with van der Waals surface area (Å²) in [6, 6.07) is 0. The molecule has 0 aliphatic carbocycles. The summed E-state index contributed by atoms with van der Waals surface area (Å²) in [4.78, 5) is 11.4. The lowest BCUT2D eigenvalue weighted by molar-refractivity contribution is 0.493. The van der Waals surface area contributed by atoms with E-state index in [0.717, 1.165) is 0 Å². The van der Waals surface area contributed by atoms with E-state index >= 15 is 0 Å². The smallest absolute Gasteiger partial charge is 0.282 e. The summed E-state index contributed by atoms with van der Waals surface area (Å²) >= 11 is 3.20. The van der Waals surface area contributed by atoms with E-state index in [9.17, 15) is 4.79 Å². The van der Waals surface area contributed by atoms with Crippen molar-refractivity contribution in [3.05, 3.63) is 21.0 Å². The zero-order valence-electron chi connectivity index (χ0n) is 7.71. The van der Waals surface area contributed by atoms with Crippen molar-refractivity contribution >= 4 is 21.6 Å². The lowest BCUT2D eigenvalue weighted by atomic mass is 10.5. The first-order valence-electron chi connectivity index (χ1n) is 3.68. The van der Waals surface area contributed by atoms with E-state index in [0.29, 0.717) is 10.2 Å². The van der Waals surface area contributed by atoms with Crippen LogP contribution in [0.15, 0.2) is 15.5 Å². The maximum Gasteiger partial charge on any atom is 0.282 e. The highest BCUT2D eigenvalue weighted by Crippen LogP contribution is 2.15. The summed E-state index contributed by atoms with van der Waals surface area (Å²) in [7, 11) is 5.28. The van der Waals surface area contributed by atoms with Gasteiger partial charge >= 0.3 is 0 Å². The Morgan fingerprint density at radius 2 is 2.23 bits per heavy atom. The summed E-state index contributed by atoms with van der Waals surface area (Å²) in [5.41, 5.74) is 3.45. The molecular weight excluding hydrogens is 236 g/mol. The summed E-state index contributed by atoms with van der Waals surface area (Å²) in [6.07, 6.45) is 1.59. The van der Waals surface area contributed by atoms with Gasteiger partial charge in [0.05, 0.1) is 11.9 Å². The molecule has 13 heavy (non-hydrogen) atoms. The Kier molecular flexibility index (Phi) is 3.05. The molecule has 0 unspecified atom stereocenters. The van der Waals surface area contributed by atoms with Crippen LogP contribution in [0, 0.1) is 0 Å². The molecule has 0 atom stereocenters. The van der Waals surface area contributed by atoms with Gasteiger partial charge in [0.1, 0.15) is 4.47 Å². The van der Waals surface area contributed by atoms with Gasteiger partial charge in [0.25, 0.3) is 5.56 Å². The molecule has 0 aliphatic heterocycles. The van der Waals surface area contributed by atoms with Gasteiger partial charge in [0.2, 0.25) is 0 Å². The molecule has 1 rings (SSSR count). The minimum atomic E-state index is -0.160. The SMILES string of the molecule is CN(C)Nc1cnn(C)c(=O)c1Br. The molecule has 0 saturated carbocycles. The van der Waals surface area contributed by atoms with Crippen LogP contribution in [0.25, 0.3) is 0 Å². The van der Waals surface area contributed by atoms with Gasteiger partial charge in [-0.05, 0) is 15.9 Å². The number of aromatic nitrogens is 2. The fourth-order valence-electron chi connectivity index (χ4n) is 0.830. The standard InChI is InChI=1S/C7H11BrN4O/c1-11(2)10-5-4-9-12(3)7(13)6(5)8/h4,10H,1-3H3. The normalized spacial score (nSPS) is 10.5. The van der Waals surface area contributed by atoms with Crippen LogP contribution >= 0.6 is 15.9 Å². The zero-order chi connectivity index (χ0) is 10.0. The average Bonchev–Trinajstić information content (AvgIpc) is 2.06. The van der Waals surface area contributed by atoms with Gasteiger partial charge in [-0.25, -0.2) is 9.69 Å². The fourth-order valence-corrected chi connectivity index (χ4v) is 1.28. The zero-order valence-corrected chi connectivity index (χ0v) is 9.29. The van der Waals surface area contributed by atoms with Crippen LogP contribution in [0.3, 0.4) is 0 Å². The summed E-state index contributed by atoms with van der Waals surface area (Å²) in [6.45, 7) is 0. The lowest BCUT2D eigenvalue weighted by Gasteiger charge is -2.14. The number of rotatable bonds is 2. The molecule has 0 aliphatic rings. The Hall–Kier alpha value is -0.880. The van der Waals surface area contributed by atoms with Crippen LogP contribution in [-0.2, 0) is 7.05 Å². The number of hydrazine groups is 1. The van der Waals surface area contributed by atoms with E-state index in [2.05, 4.69) is 26.5 Å². The molecule has 1 aromatic heterocycles. The number of aryl methyl sites for hydroxylation is 1. The first-order chi connectivity index (χ1) is 6.02. The van der Waals surface area contributed by atoms with Crippen molar-refractivity contribution in [2.45, 2.75) is 0 Å². The van der Waals surface area contributed by atoms with Gasteiger partial charge in [-0.15, -0.1) is 0 Å². The topological polar surface area (TPSA) is 50.2 Å². The summed E-state index contributed by atoms with van der Waals surface area (Å²) < 4.78 is 1.75. The summed E-state index contributed by atoms with van der Waals surface area (Å²) in [5, 5.41) is 5.61. The fraction of sp³-hybridized carbons (Fsp3) is 0.429. The van der Waals surface area contributed by atoms with Gasteiger partial charge in [-0.1, -0.05) is 0 Å². The first-order valence-corrected chi connectivity index (χ1v) is 4.47. The van der Waals surface area contributed by atoms with Gasteiger partial charge < -0.3 is 5.43 Å². The van der Waals surface area contributed by atoms with Crippen LogP contribution in [0.2, 0.25) is 0 Å². The number of halogens is 1. The third kappa shape index (κ3) is 2.28. The van der Waals surface area contributed by atoms with Crippen LogP contribution < -0.4 is 11.0 Å². The highest BCUT2D eigenvalue weighted by molar-refractivity contribution is 9.10. The molecule has 0 bridgehead atoms. The molecule has 0 aromatic carbocycles. The second kappa shape index (κ2) is 3.89. The van der Waals surface area contributed by atoms with Gasteiger partial charge in [0, 0.05) is 21.1 Å². The second-order valence-electron chi connectivity index (χ2n) is 2.81. The van der Waals surface area contributed by atoms with Crippen molar-refractivity contribution in [3.63, 3.8) is 0 Å². The van der Waals surface area contributed by atoms with Crippen molar-refractivity contribution in [1.82, 2.24) is 14.8 Å². The number of nitrogens with zero attached hydrogens (tertiary/aromatic N) is 3. The van der Waals surface area contributed by atoms with E-state index < -0.39 is 0 Å². The maximum atomic E-state index is 11.4. The van der Waals surface area contributed by atoms with Gasteiger partial charge in [-0.2, -0.15) is 5.10 Å². The van der Waals surface area contributed by atoms with Crippen molar-refractivity contribution in [1.29, 1.82) is 0 Å². The number of nitrogens with one attached hydrogen (secondary N) is 1. The van der Waals surface area contributed by atoms with Crippen molar-refractivity contribution < 1.29 is 0 Å². The monoisotopic (exact) mass is 246 g/mol. The van der Waals surface area contributed by atoms with E-state index in [4.69, 9.17) is 0 Å². The molecule has 0 spiro atoms. The Morgan fingerprint density at radius 1 is 1.62 bits per heavy atom. The second-order valence-corrected chi connectivity index (χ2v) is 3.60. The lowest BCUT2D eigenvalue weighted by Crippen LogP contribution is -2.25. The first kappa shape index (κ1) is 10.2. The van der Waals surface area contributed by atoms with Crippen molar-refractivity contribution in [2.75, 3.05) is 19.5 Å². The third-order valence-corrected chi connectivity index (χ3v) is 2.19. The maximum absolute atomic E-state index is 11.4. The van der Waals surface area contributed by atoms with Gasteiger partial charge in [0.15, 0.2) is 0 Å². The Bertz CT molecular complexity index is 360. The minimum Gasteiger partial charge on any atom is -0.317 e. The van der Waals surface area contributed by atoms with E-state index in [1.807, 2.05) is 14.1 Å². The molecule has 1 N–H and O–H groups in total. The highest BCUT2D eigenvalue weighted by atomic mass is 79.9. The van der Waals surface area contributed by atoms with Gasteiger partial charge in [-0.3, -0.25) is 4.79 Å². The Morgan fingerprint density at radius 3 is 2.77 bits per heavy atom. The van der Waals surface area contributed by atoms with Crippen molar-refractivity contribution in [3.8, 4) is 0 Å². The number of hydrogen-bond acceptors (Lipinski definition) is 4. The largest absolute Gasteiger partial charge is 0.317 e. The minimum absolute atomic E-state index is 0.160. The molecule has 1 aromatic rings. The van der Waals surface area contributed by atoms with Crippen LogP contribution in [0.4, 0.5) is 5.69 Å². The molecule has 6 heteroatoms. The summed E-state index contributed by atoms with van der Waals surface area (Å²) in [5.74, 6) is 0. The van der Waals surface area contributed by atoms with Crippen LogP contribution in [-0.4, -0.2) is 28.9 Å². The van der Waals surface area contributed by atoms with Crippen molar-refractivity contribution in [2.24, 2.45) is 7.05 Å². The molecule has 0 fully saturated rings. The quantitative estimate of drug-likeness (QED) is 0.770. The Labute approximate surface area is 84.5 Å². The molecule has 0 amide bonds. The molecule has 1 heterocycles. The average molecular weight is 247 g/mol. The Balaban J connectivity index is 3.11. The highest BCUT2D eigenvalue weighted by Gasteiger charge is 2.06. The molecule has 0 saturated heterocycles. The molecule has 5 nitrogen and oxygen atoms in total. The number of hydrogen-bond donors (Lipinski definition) is 1.